The molecule has 0 unspecified atom stereocenters. The topological polar surface area (TPSA) is 72.1 Å². The molecule has 2 heterocycles. The van der Waals surface area contributed by atoms with Crippen molar-refractivity contribution in [2.45, 2.75) is 6.92 Å². The quantitative estimate of drug-likeness (QED) is 0.436. The first-order valence-corrected chi connectivity index (χ1v) is 9.12. The molecule has 0 fully saturated rings. The maximum Gasteiger partial charge on any atom is 0.248 e. The summed E-state index contributed by atoms with van der Waals surface area (Å²) in [6, 6.07) is 11.3. The van der Waals surface area contributed by atoms with E-state index in [1.807, 2.05) is 0 Å². The van der Waals surface area contributed by atoms with Gasteiger partial charge in [-0.2, -0.15) is 0 Å². The van der Waals surface area contributed by atoms with Gasteiger partial charge in [0.1, 0.15) is 23.7 Å². The molecule has 0 aliphatic carbocycles. The number of carbonyl (C=O) groups excluding carboxylic acids is 1. The Morgan fingerprint density at radius 1 is 1.10 bits per heavy atom. The molecule has 0 saturated carbocycles. The first-order chi connectivity index (χ1) is 14.5. The second-order valence-corrected chi connectivity index (χ2v) is 6.67. The van der Waals surface area contributed by atoms with Crippen LogP contribution in [0.5, 0.6) is 0 Å². The van der Waals surface area contributed by atoms with Gasteiger partial charge < -0.3 is 4.52 Å². The highest BCUT2D eigenvalue weighted by Gasteiger charge is 2.30. The Hall–Kier alpha value is -3.65. The van der Waals surface area contributed by atoms with Crippen molar-refractivity contribution in [2.24, 2.45) is 0 Å². The maximum atomic E-state index is 14.6. The van der Waals surface area contributed by atoms with Crippen LogP contribution in [-0.2, 0) is 4.79 Å². The van der Waals surface area contributed by atoms with Crippen LogP contribution in [0.1, 0.15) is 6.92 Å². The number of hydrogen-bond donors (Lipinski definition) is 0. The number of halogens is 3. The molecule has 150 valence electrons. The van der Waals surface area contributed by atoms with Crippen molar-refractivity contribution in [3.63, 3.8) is 0 Å². The van der Waals surface area contributed by atoms with Crippen molar-refractivity contribution in [1.29, 1.82) is 0 Å². The summed E-state index contributed by atoms with van der Waals surface area (Å²) in [7, 11) is 0. The molecule has 2 aromatic heterocycles. The Kier molecular flexibility index (Phi) is 5.24. The number of anilines is 2. The lowest BCUT2D eigenvalue weighted by Gasteiger charge is -2.19. The number of hydrogen-bond acceptors (Lipinski definition) is 5. The average molecular weight is 427 g/mol. The highest BCUT2D eigenvalue weighted by molar-refractivity contribution is 6.30. The third kappa shape index (κ3) is 3.53. The van der Waals surface area contributed by atoms with Crippen molar-refractivity contribution < 1.29 is 18.1 Å². The zero-order valence-corrected chi connectivity index (χ0v) is 16.3. The molecule has 0 spiro atoms. The van der Waals surface area contributed by atoms with Gasteiger partial charge in [-0.05, 0) is 36.4 Å². The average Bonchev–Trinajstić information content (AvgIpc) is 3.14. The van der Waals surface area contributed by atoms with Crippen LogP contribution >= 0.6 is 11.6 Å². The molecule has 0 atom stereocenters. The van der Waals surface area contributed by atoms with E-state index in [0.29, 0.717) is 5.69 Å². The largest absolute Gasteiger partial charge is 0.336 e. The van der Waals surface area contributed by atoms with Crippen LogP contribution in [0.4, 0.5) is 20.4 Å². The van der Waals surface area contributed by atoms with E-state index in [1.165, 1.54) is 49.8 Å². The second-order valence-electron chi connectivity index (χ2n) is 6.24. The zero-order valence-electron chi connectivity index (χ0n) is 15.5. The van der Waals surface area contributed by atoms with Gasteiger partial charge in [0.2, 0.25) is 11.8 Å². The number of amides is 1. The monoisotopic (exact) mass is 426 g/mol. The van der Waals surface area contributed by atoms with Gasteiger partial charge >= 0.3 is 0 Å². The van der Waals surface area contributed by atoms with Crippen molar-refractivity contribution in [3.05, 3.63) is 77.7 Å². The molecule has 6 nitrogen and oxygen atoms in total. The first kappa shape index (κ1) is 19.7. The maximum absolute atomic E-state index is 14.6. The molecule has 0 saturated heterocycles. The minimum Gasteiger partial charge on any atom is -0.336 e. The number of rotatable bonds is 4. The van der Waals surface area contributed by atoms with Gasteiger partial charge in [0, 0.05) is 23.7 Å². The molecule has 9 heteroatoms. The molecule has 30 heavy (non-hydrogen) atoms. The molecule has 0 bridgehead atoms. The van der Waals surface area contributed by atoms with Crippen LogP contribution in [0.15, 0.2) is 65.6 Å². The zero-order chi connectivity index (χ0) is 21.3. The minimum atomic E-state index is -0.642. The van der Waals surface area contributed by atoms with E-state index < -0.39 is 17.5 Å². The molecule has 0 aliphatic rings. The number of para-hydroxylation sites is 1. The Morgan fingerprint density at radius 3 is 2.57 bits per heavy atom. The molecule has 0 aliphatic heterocycles. The van der Waals surface area contributed by atoms with Crippen molar-refractivity contribution in [1.82, 2.24) is 15.1 Å². The summed E-state index contributed by atoms with van der Waals surface area (Å²) in [5, 5.41) is 4.19. The van der Waals surface area contributed by atoms with E-state index in [4.69, 9.17) is 16.1 Å². The molecule has 4 rings (SSSR count). The lowest BCUT2D eigenvalue weighted by molar-refractivity contribution is -0.116. The first-order valence-electron chi connectivity index (χ1n) is 8.74. The highest BCUT2D eigenvalue weighted by atomic mass is 35.5. The fraction of sp³-hybridized carbons (Fsp3) is 0.0476. The van der Waals surface area contributed by atoms with Crippen molar-refractivity contribution in [2.75, 3.05) is 4.90 Å². The number of benzene rings is 2. The number of carbonyl (C=O) groups is 1. The van der Waals surface area contributed by atoms with Crippen LogP contribution < -0.4 is 4.90 Å². The minimum absolute atomic E-state index is 0.0421. The lowest BCUT2D eigenvalue weighted by Crippen LogP contribution is -2.24. The number of aromatic nitrogens is 3. The van der Waals surface area contributed by atoms with Crippen molar-refractivity contribution >= 4 is 29.1 Å². The summed E-state index contributed by atoms with van der Waals surface area (Å²) in [6.45, 7) is 1.25. The van der Waals surface area contributed by atoms with Gasteiger partial charge in [-0.25, -0.2) is 23.6 Å². The predicted octanol–water partition coefficient (Wildman–Crippen LogP) is 5.41. The fourth-order valence-electron chi connectivity index (χ4n) is 3.02. The molecule has 0 radical (unpaired) electrons. The third-order valence-electron chi connectivity index (χ3n) is 4.31. The third-order valence-corrected chi connectivity index (χ3v) is 4.54. The fourth-order valence-corrected chi connectivity index (χ4v) is 3.18. The van der Waals surface area contributed by atoms with E-state index in [0.717, 1.165) is 11.0 Å². The van der Waals surface area contributed by atoms with Crippen LogP contribution in [0.2, 0.25) is 5.02 Å². The van der Waals surface area contributed by atoms with Crippen molar-refractivity contribution in [3.8, 4) is 22.5 Å². The summed E-state index contributed by atoms with van der Waals surface area (Å²) in [6.07, 6.45) is 2.76. The normalized spacial score (nSPS) is 10.8. The van der Waals surface area contributed by atoms with Gasteiger partial charge in [0.05, 0.1) is 16.9 Å². The van der Waals surface area contributed by atoms with Gasteiger partial charge in [0.25, 0.3) is 0 Å². The van der Waals surface area contributed by atoms with E-state index in [1.54, 1.807) is 12.1 Å². The lowest BCUT2D eigenvalue weighted by atomic mass is 10.0. The smallest absolute Gasteiger partial charge is 0.248 e. The Morgan fingerprint density at radius 2 is 1.90 bits per heavy atom. The van der Waals surface area contributed by atoms with E-state index in [2.05, 4.69) is 15.1 Å². The van der Waals surface area contributed by atoms with Crippen LogP contribution in [0.25, 0.3) is 22.5 Å². The van der Waals surface area contributed by atoms with Crippen LogP contribution in [-0.4, -0.2) is 21.0 Å². The Labute approximate surface area is 174 Å². The molecule has 2 aromatic carbocycles. The van der Waals surface area contributed by atoms with Gasteiger partial charge in [-0.15, -0.1) is 0 Å². The van der Waals surface area contributed by atoms with Gasteiger partial charge in [0.15, 0.2) is 0 Å². The highest BCUT2D eigenvalue weighted by Crippen LogP contribution is 2.42. The molecular weight excluding hydrogens is 414 g/mol. The van der Waals surface area contributed by atoms with E-state index in [-0.39, 0.29) is 33.4 Å². The summed E-state index contributed by atoms with van der Waals surface area (Å²) in [5.74, 6) is -1.92. The summed E-state index contributed by atoms with van der Waals surface area (Å²) >= 11 is 5.86. The molecule has 0 N–H and O–H groups in total. The second kappa shape index (κ2) is 8.00. The summed E-state index contributed by atoms with van der Waals surface area (Å²) in [5.41, 5.74) is 0.644. The SMILES string of the molecule is CC(=O)N(c1ccccc1F)c1onc(-c2ccc(Cl)cc2F)c1-c1ccncn1. The molecule has 4 aromatic rings. The predicted molar refractivity (Wildman–Crippen MR) is 107 cm³/mol. The summed E-state index contributed by atoms with van der Waals surface area (Å²) in [4.78, 5) is 21.6. The van der Waals surface area contributed by atoms with E-state index in [9.17, 15) is 13.6 Å². The number of nitrogens with zero attached hydrogens (tertiary/aromatic N) is 4. The molecular formula is C21H13ClF2N4O2. The van der Waals surface area contributed by atoms with E-state index >= 15 is 0 Å². The molecule has 1 amide bonds. The van der Waals surface area contributed by atoms with Gasteiger partial charge in [-0.3, -0.25) is 4.79 Å². The Bertz CT molecular complexity index is 1230. The standard InChI is InChI=1S/C21H13ClF2N4O2/c1-12(29)28(18-5-3-2-4-15(18)23)21-19(17-8-9-25-11-26-17)20(27-30-21)14-7-6-13(22)10-16(14)24/h2-11H,1H3. The van der Waals surface area contributed by atoms with Crippen LogP contribution in [0, 0.1) is 11.6 Å². The summed E-state index contributed by atoms with van der Waals surface area (Å²) < 4.78 is 34.6. The Balaban J connectivity index is 2.00. The van der Waals surface area contributed by atoms with Gasteiger partial charge in [-0.1, -0.05) is 28.9 Å². The van der Waals surface area contributed by atoms with Crippen LogP contribution in [0.3, 0.4) is 0 Å².